The second-order valence-corrected chi connectivity index (χ2v) is 4.50. The fraction of sp³-hybridized carbons (Fsp3) is 0.400. The number of carbonyl (C=O) groups is 1. The van der Waals surface area contributed by atoms with E-state index >= 15 is 0 Å². The summed E-state index contributed by atoms with van der Waals surface area (Å²) < 4.78 is 7.42. The van der Waals surface area contributed by atoms with E-state index in [0.717, 1.165) is 23.9 Å². The Bertz CT molecular complexity index is 542. The van der Waals surface area contributed by atoms with Gasteiger partial charge < -0.3 is 9.30 Å². The van der Waals surface area contributed by atoms with Gasteiger partial charge in [-0.25, -0.2) is 0 Å². The van der Waals surface area contributed by atoms with Gasteiger partial charge in [-0.3, -0.25) is 4.79 Å². The van der Waals surface area contributed by atoms with Crippen LogP contribution in [0.25, 0.3) is 10.9 Å². The summed E-state index contributed by atoms with van der Waals surface area (Å²) in [5, 5.41) is 1.00. The molecule has 1 aromatic heterocycles. The quantitative estimate of drug-likeness (QED) is 0.593. The summed E-state index contributed by atoms with van der Waals surface area (Å²) in [4.78, 5) is 11.1. The first kappa shape index (κ1) is 12.7. The molecule has 0 unspecified atom stereocenters. The van der Waals surface area contributed by atoms with Gasteiger partial charge in [0.1, 0.15) is 0 Å². The lowest BCUT2D eigenvalue weighted by Gasteiger charge is -2.03. The van der Waals surface area contributed by atoms with E-state index in [4.69, 9.17) is 4.74 Å². The molecular weight excluding hydrogens is 226 g/mol. The van der Waals surface area contributed by atoms with Gasteiger partial charge in [0.25, 0.3) is 0 Å². The standard InChI is InChI=1S/C15H19NO2/c1-3-4-7-10-16-11-15(18-12(2)17)13-8-5-6-9-14(13)16/h5-6,8-9,11H,3-4,7,10H2,1-2H3. The maximum Gasteiger partial charge on any atom is 0.308 e. The maximum atomic E-state index is 11.1. The number of esters is 1. The molecule has 0 aliphatic rings. The number of carbonyl (C=O) groups excluding carboxylic acids is 1. The SMILES string of the molecule is CCCCCn1cc(OC(C)=O)c2ccccc21. The van der Waals surface area contributed by atoms with Crippen LogP contribution in [0, 0.1) is 0 Å². The van der Waals surface area contributed by atoms with Gasteiger partial charge in [-0.05, 0) is 18.6 Å². The van der Waals surface area contributed by atoms with E-state index in [1.54, 1.807) is 0 Å². The van der Waals surface area contributed by atoms with Crippen LogP contribution in [-0.4, -0.2) is 10.5 Å². The van der Waals surface area contributed by atoms with Gasteiger partial charge in [0, 0.05) is 25.1 Å². The Morgan fingerprint density at radius 2 is 2.06 bits per heavy atom. The summed E-state index contributed by atoms with van der Waals surface area (Å²) in [5.74, 6) is 0.390. The fourth-order valence-corrected chi connectivity index (χ4v) is 2.17. The lowest BCUT2D eigenvalue weighted by molar-refractivity contribution is -0.131. The molecule has 0 radical (unpaired) electrons. The first-order valence-electron chi connectivity index (χ1n) is 6.48. The molecule has 0 N–H and O–H groups in total. The largest absolute Gasteiger partial charge is 0.424 e. The van der Waals surface area contributed by atoms with Crippen molar-refractivity contribution in [1.29, 1.82) is 0 Å². The Kier molecular flexibility index (Phi) is 4.03. The van der Waals surface area contributed by atoms with E-state index in [1.807, 2.05) is 24.4 Å². The molecule has 2 aromatic rings. The van der Waals surface area contributed by atoms with E-state index in [-0.39, 0.29) is 5.97 Å². The predicted molar refractivity (Wildman–Crippen MR) is 72.8 cm³/mol. The Hall–Kier alpha value is -1.77. The summed E-state index contributed by atoms with van der Waals surface area (Å²) in [5.41, 5.74) is 1.13. The van der Waals surface area contributed by atoms with E-state index < -0.39 is 0 Å². The molecule has 0 bridgehead atoms. The third-order valence-electron chi connectivity index (χ3n) is 3.01. The Morgan fingerprint density at radius 1 is 1.28 bits per heavy atom. The van der Waals surface area contributed by atoms with E-state index in [9.17, 15) is 4.79 Å². The number of rotatable bonds is 5. The van der Waals surface area contributed by atoms with Gasteiger partial charge in [0.15, 0.2) is 5.75 Å². The highest BCUT2D eigenvalue weighted by Gasteiger charge is 2.10. The number of hydrogen-bond acceptors (Lipinski definition) is 2. The molecule has 0 aliphatic heterocycles. The Morgan fingerprint density at radius 3 is 2.78 bits per heavy atom. The third kappa shape index (κ3) is 2.73. The number of fused-ring (bicyclic) bond motifs is 1. The minimum absolute atomic E-state index is 0.272. The summed E-state index contributed by atoms with van der Waals surface area (Å²) in [6, 6.07) is 8.03. The second kappa shape index (κ2) is 5.71. The molecule has 3 heteroatoms. The van der Waals surface area contributed by atoms with Gasteiger partial charge in [-0.1, -0.05) is 31.9 Å². The number of benzene rings is 1. The number of ether oxygens (including phenoxy) is 1. The molecule has 0 aliphatic carbocycles. The molecule has 1 heterocycles. The first-order chi connectivity index (χ1) is 8.72. The molecule has 3 nitrogen and oxygen atoms in total. The summed E-state index contributed by atoms with van der Waals surface area (Å²) in [7, 11) is 0. The van der Waals surface area contributed by atoms with Crippen LogP contribution in [0.2, 0.25) is 0 Å². The zero-order chi connectivity index (χ0) is 13.0. The molecular formula is C15H19NO2. The van der Waals surface area contributed by atoms with Crippen LogP contribution in [0.15, 0.2) is 30.5 Å². The van der Waals surface area contributed by atoms with Gasteiger partial charge >= 0.3 is 5.97 Å². The highest BCUT2D eigenvalue weighted by molar-refractivity contribution is 5.89. The van der Waals surface area contributed by atoms with Crippen molar-refractivity contribution in [2.24, 2.45) is 0 Å². The van der Waals surface area contributed by atoms with Crippen LogP contribution >= 0.6 is 0 Å². The molecule has 0 saturated carbocycles. The molecule has 0 atom stereocenters. The fourth-order valence-electron chi connectivity index (χ4n) is 2.17. The lowest BCUT2D eigenvalue weighted by atomic mass is 10.2. The zero-order valence-electron chi connectivity index (χ0n) is 11.0. The van der Waals surface area contributed by atoms with E-state index in [1.165, 1.54) is 19.8 Å². The number of aromatic nitrogens is 1. The van der Waals surface area contributed by atoms with E-state index in [2.05, 4.69) is 17.6 Å². The third-order valence-corrected chi connectivity index (χ3v) is 3.01. The van der Waals surface area contributed by atoms with Crippen LogP contribution in [-0.2, 0) is 11.3 Å². The second-order valence-electron chi connectivity index (χ2n) is 4.50. The average Bonchev–Trinajstić information content (AvgIpc) is 2.68. The number of unbranched alkanes of at least 4 members (excludes halogenated alkanes) is 2. The topological polar surface area (TPSA) is 31.2 Å². The van der Waals surface area contributed by atoms with Crippen LogP contribution in [0.5, 0.6) is 5.75 Å². The van der Waals surface area contributed by atoms with Crippen LogP contribution in [0.1, 0.15) is 33.1 Å². The van der Waals surface area contributed by atoms with Crippen LogP contribution in [0.3, 0.4) is 0 Å². The summed E-state index contributed by atoms with van der Waals surface area (Å²) in [6.07, 6.45) is 5.50. The molecule has 96 valence electrons. The van der Waals surface area contributed by atoms with Crippen molar-refractivity contribution < 1.29 is 9.53 Å². The smallest absolute Gasteiger partial charge is 0.308 e. The first-order valence-corrected chi connectivity index (χ1v) is 6.48. The van der Waals surface area contributed by atoms with Crippen molar-refractivity contribution in [3.05, 3.63) is 30.5 Å². The number of nitrogens with zero attached hydrogens (tertiary/aromatic N) is 1. The van der Waals surface area contributed by atoms with Gasteiger partial charge in [-0.2, -0.15) is 0 Å². The predicted octanol–water partition coefficient (Wildman–Crippen LogP) is 3.76. The van der Waals surface area contributed by atoms with Crippen molar-refractivity contribution in [3.63, 3.8) is 0 Å². The van der Waals surface area contributed by atoms with Crippen molar-refractivity contribution in [1.82, 2.24) is 4.57 Å². The van der Waals surface area contributed by atoms with Crippen molar-refractivity contribution in [2.45, 2.75) is 39.7 Å². The molecule has 0 saturated heterocycles. The van der Waals surface area contributed by atoms with Crippen molar-refractivity contribution >= 4 is 16.9 Å². The maximum absolute atomic E-state index is 11.1. The van der Waals surface area contributed by atoms with Crippen molar-refractivity contribution in [2.75, 3.05) is 0 Å². The molecule has 0 amide bonds. The van der Waals surface area contributed by atoms with Gasteiger partial charge in [-0.15, -0.1) is 0 Å². The Labute approximate surface area is 107 Å². The van der Waals surface area contributed by atoms with Crippen LogP contribution in [0.4, 0.5) is 0 Å². The number of hydrogen-bond donors (Lipinski definition) is 0. The normalized spacial score (nSPS) is 10.8. The highest BCUT2D eigenvalue weighted by atomic mass is 16.5. The number of aryl methyl sites for hydroxylation is 1. The minimum Gasteiger partial charge on any atom is -0.424 e. The molecule has 2 rings (SSSR count). The van der Waals surface area contributed by atoms with Gasteiger partial charge in [0.2, 0.25) is 0 Å². The van der Waals surface area contributed by atoms with E-state index in [0.29, 0.717) is 5.75 Å². The molecule has 18 heavy (non-hydrogen) atoms. The summed E-state index contributed by atoms with van der Waals surface area (Å²) >= 11 is 0. The highest BCUT2D eigenvalue weighted by Crippen LogP contribution is 2.28. The minimum atomic E-state index is -0.272. The summed E-state index contributed by atoms with van der Waals surface area (Å²) in [6.45, 7) is 4.59. The number of para-hydroxylation sites is 1. The average molecular weight is 245 g/mol. The monoisotopic (exact) mass is 245 g/mol. The zero-order valence-corrected chi connectivity index (χ0v) is 11.0. The molecule has 0 spiro atoms. The van der Waals surface area contributed by atoms with Gasteiger partial charge in [0.05, 0.1) is 5.52 Å². The van der Waals surface area contributed by atoms with Crippen molar-refractivity contribution in [3.8, 4) is 5.75 Å². The molecule has 0 fully saturated rings. The van der Waals surface area contributed by atoms with Crippen LogP contribution < -0.4 is 4.74 Å². The molecule has 1 aromatic carbocycles. The lowest BCUT2D eigenvalue weighted by Crippen LogP contribution is -2.00. The Balaban J connectivity index is 2.31.